The molecule has 1 heterocycles. The molecule has 0 aliphatic carbocycles. The lowest BCUT2D eigenvalue weighted by Crippen LogP contribution is -2.46. The number of fused-ring (bicyclic) bond motifs is 1. The van der Waals surface area contributed by atoms with Crippen molar-refractivity contribution in [3.05, 3.63) is 59.2 Å². The van der Waals surface area contributed by atoms with Crippen molar-refractivity contribution in [2.24, 2.45) is 4.99 Å². The van der Waals surface area contributed by atoms with E-state index in [2.05, 4.69) is 33.8 Å². The minimum absolute atomic E-state index is 0. The number of halogens is 1. The summed E-state index contributed by atoms with van der Waals surface area (Å²) in [5.41, 5.74) is 3.69. The fourth-order valence-corrected chi connectivity index (χ4v) is 3.56. The summed E-state index contributed by atoms with van der Waals surface area (Å²) in [6.45, 7) is 2.32. The normalized spacial score (nSPS) is 13.0. The van der Waals surface area contributed by atoms with Gasteiger partial charge in [-0.1, -0.05) is 30.3 Å². The van der Waals surface area contributed by atoms with Gasteiger partial charge in [-0.05, 0) is 41.7 Å². The van der Waals surface area contributed by atoms with E-state index in [4.69, 9.17) is 9.47 Å². The van der Waals surface area contributed by atoms with Crippen LogP contribution in [0.1, 0.15) is 16.7 Å². The van der Waals surface area contributed by atoms with Gasteiger partial charge in [0.15, 0.2) is 17.5 Å². The number of ether oxygens (including phenoxy) is 2. The Labute approximate surface area is 201 Å². The van der Waals surface area contributed by atoms with E-state index in [1.54, 1.807) is 21.3 Å². The lowest BCUT2D eigenvalue weighted by Gasteiger charge is -2.29. The molecule has 0 unspecified atom stereocenters. The number of guanidine groups is 1. The number of aliphatic imine (C=N–C) groups is 1. The molecule has 0 aromatic heterocycles. The fraction of sp³-hybridized carbons (Fsp3) is 0.391. The third-order valence-corrected chi connectivity index (χ3v) is 5.27. The lowest BCUT2D eigenvalue weighted by molar-refractivity contribution is -0.130. The van der Waals surface area contributed by atoms with Crippen molar-refractivity contribution in [3.8, 4) is 11.5 Å². The Hall–Kier alpha value is -2.49. The van der Waals surface area contributed by atoms with E-state index in [0.29, 0.717) is 30.5 Å². The second-order valence-electron chi connectivity index (χ2n) is 7.13. The van der Waals surface area contributed by atoms with E-state index in [-0.39, 0.29) is 36.4 Å². The molecule has 0 saturated heterocycles. The van der Waals surface area contributed by atoms with E-state index in [0.717, 1.165) is 24.9 Å². The Morgan fingerprint density at radius 3 is 2.52 bits per heavy atom. The maximum Gasteiger partial charge on any atom is 0.242 e. The van der Waals surface area contributed by atoms with Gasteiger partial charge in [-0.25, -0.2) is 0 Å². The van der Waals surface area contributed by atoms with Crippen LogP contribution in [0.2, 0.25) is 0 Å². The van der Waals surface area contributed by atoms with Crippen molar-refractivity contribution >= 4 is 35.8 Å². The van der Waals surface area contributed by atoms with Crippen LogP contribution in [0.4, 0.5) is 0 Å². The average Bonchev–Trinajstić information content (AvgIpc) is 2.80. The van der Waals surface area contributed by atoms with Crippen LogP contribution in [-0.4, -0.2) is 57.7 Å². The zero-order valence-electron chi connectivity index (χ0n) is 18.3. The SMILES string of the molecule is CN=C(NCCc1ccc(OC)c(OC)c1)NCC(=O)N1CCc2ccccc2C1.I. The smallest absolute Gasteiger partial charge is 0.242 e. The second kappa shape index (κ2) is 12.4. The van der Waals surface area contributed by atoms with Crippen LogP contribution in [0, 0.1) is 0 Å². The second-order valence-corrected chi connectivity index (χ2v) is 7.13. The van der Waals surface area contributed by atoms with Gasteiger partial charge in [0.2, 0.25) is 5.91 Å². The predicted octanol–water partition coefficient (Wildman–Crippen LogP) is 2.61. The molecule has 8 heteroatoms. The molecule has 0 atom stereocenters. The molecule has 0 bridgehead atoms. The van der Waals surface area contributed by atoms with Crippen molar-refractivity contribution < 1.29 is 14.3 Å². The van der Waals surface area contributed by atoms with E-state index in [1.165, 1.54) is 11.1 Å². The van der Waals surface area contributed by atoms with Crippen molar-refractivity contribution in [1.29, 1.82) is 0 Å². The van der Waals surface area contributed by atoms with Crippen LogP contribution < -0.4 is 20.1 Å². The molecule has 0 spiro atoms. The molecular weight excluding hydrogens is 507 g/mol. The maximum atomic E-state index is 12.6. The van der Waals surface area contributed by atoms with Gasteiger partial charge >= 0.3 is 0 Å². The van der Waals surface area contributed by atoms with E-state index in [9.17, 15) is 4.79 Å². The van der Waals surface area contributed by atoms with Gasteiger partial charge in [-0.3, -0.25) is 9.79 Å². The molecule has 2 aromatic carbocycles. The first-order valence-electron chi connectivity index (χ1n) is 10.1. The summed E-state index contributed by atoms with van der Waals surface area (Å²) in [5, 5.41) is 6.37. The summed E-state index contributed by atoms with van der Waals surface area (Å²) < 4.78 is 10.6. The Bertz CT molecular complexity index is 904. The first-order valence-corrected chi connectivity index (χ1v) is 10.1. The number of methoxy groups -OCH3 is 2. The molecular formula is C23H31IN4O3. The van der Waals surface area contributed by atoms with E-state index >= 15 is 0 Å². The molecule has 2 N–H and O–H groups in total. The minimum atomic E-state index is 0. The Morgan fingerprint density at radius 2 is 1.81 bits per heavy atom. The van der Waals surface area contributed by atoms with Crippen molar-refractivity contribution in [1.82, 2.24) is 15.5 Å². The quantitative estimate of drug-likeness (QED) is 0.322. The van der Waals surface area contributed by atoms with E-state index < -0.39 is 0 Å². The summed E-state index contributed by atoms with van der Waals surface area (Å²) >= 11 is 0. The minimum Gasteiger partial charge on any atom is -0.493 e. The molecule has 168 valence electrons. The number of rotatable bonds is 7. The van der Waals surface area contributed by atoms with Gasteiger partial charge < -0.3 is 25.0 Å². The number of nitrogens with zero attached hydrogens (tertiary/aromatic N) is 2. The van der Waals surface area contributed by atoms with Gasteiger partial charge in [-0.15, -0.1) is 24.0 Å². The molecule has 0 fully saturated rings. The molecule has 0 saturated carbocycles. The first-order chi connectivity index (χ1) is 14.6. The van der Waals surface area contributed by atoms with Crippen molar-refractivity contribution in [2.75, 3.05) is 40.9 Å². The Morgan fingerprint density at radius 1 is 1.06 bits per heavy atom. The Balaban J connectivity index is 0.00000341. The van der Waals surface area contributed by atoms with E-state index in [1.807, 2.05) is 29.2 Å². The monoisotopic (exact) mass is 538 g/mol. The topological polar surface area (TPSA) is 75.2 Å². The first kappa shape index (κ1) is 24.8. The highest BCUT2D eigenvalue weighted by Gasteiger charge is 2.20. The van der Waals surface area contributed by atoms with Gasteiger partial charge in [0.1, 0.15) is 0 Å². The largest absolute Gasteiger partial charge is 0.493 e. The summed E-state index contributed by atoms with van der Waals surface area (Å²) in [6.07, 6.45) is 1.69. The molecule has 3 rings (SSSR count). The van der Waals surface area contributed by atoms with Gasteiger partial charge in [0, 0.05) is 26.7 Å². The molecule has 31 heavy (non-hydrogen) atoms. The highest BCUT2D eigenvalue weighted by molar-refractivity contribution is 14.0. The summed E-state index contributed by atoms with van der Waals surface area (Å²) in [7, 11) is 4.95. The number of carbonyl (C=O) groups excluding carboxylic acids is 1. The number of benzene rings is 2. The number of nitrogens with one attached hydrogen (secondary N) is 2. The third-order valence-electron chi connectivity index (χ3n) is 5.27. The van der Waals surface area contributed by atoms with Gasteiger partial charge in [0.25, 0.3) is 0 Å². The highest BCUT2D eigenvalue weighted by atomic mass is 127. The molecule has 2 aromatic rings. The van der Waals surface area contributed by atoms with Gasteiger partial charge in [0.05, 0.1) is 20.8 Å². The highest BCUT2D eigenvalue weighted by Crippen LogP contribution is 2.27. The molecule has 7 nitrogen and oxygen atoms in total. The van der Waals surface area contributed by atoms with Crippen LogP contribution in [0.15, 0.2) is 47.5 Å². The number of hydrogen-bond donors (Lipinski definition) is 2. The molecule has 1 aliphatic rings. The van der Waals surface area contributed by atoms with Crippen LogP contribution in [-0.2, 0) is 24.2 Å². The predicted molar refractivity (Wildman–Crippen MR) is 134 cm³/mol. The van der Waals surface area contributed by atoms with Crippen LogP contribution in [0.5, 0.6) is 11.5 Å². The average molecular weight is 538 g/mol. The van der Waals surface area contributed by atoms with Crippen molar-refractivity contribution in [3.63, 3.8) is 0 Å². The molecule has 1 amide bonds. The summed E-state index contributed by atoms with van der Waals surface area (Å²) in [5.74, 6) is 2.12. The van der Waals surface area contributed by atoms with Crippen LogP contribution in [0.25, 0.3) is 0 Å². The molecule has 1 aliphatic heterocycles. The molecule has 0 radical (unpaired) electrons. The van der Waals surface area contributed by atoms with Crippen LogP contribution >= 0.6 is 24.0 Å². The fourth-order valence-electron chi connectivity index (χ4n) is 3.56. The zero-order chi connectivity index (χ0) is 21.3. The summed E-state index contributed by atoms with van der Waals surface area (Å²) in [4.78, 5) is 18.7. The zero-order valence-corrected chi connectivity index (χ0v) is 20.6. The number of amides is 1. The lowest BCUT2D eigenvalue weighted by atomic mass is 10.00. The standard InChI is InChI=1S/C23H30N4O3.HI/c1-24-23(25-12-10-17-8-9-20(29-2)21(14-17)30-3)26-15-22(28)27-13-11-18-6-4-5-7-19(18)16-27;/h4-9,14H,10-13,15-16H2,1-3H3,(H2,24,25,26);1H. The summed E-state index contributed by atoms with van der Waals surface area (Å²) in [6, 6.07) is 14.2. The van der Waals surface area contributed by atoms with Crippen molar-refractivity contribution in [2.45, 2.75) is 19.4 Å². The number of hydrogen-bond acceptors (Lipinski definition) is 4. The van der Waals surface area contributed by atoms with Gasteiger partial charge in [-0.2, -0.15) is 0 Å². The third kappa shape index (κ3) is 6.75. The number of carbonyl (C=O) groups is 1. The Kier molecular flexibility index (Phi) is 9.90. The maximum absolute atomic E-state index is 12.6. The van der Waals surface area contributed by atoms with Crippen LogP contribution in [0.3, 0.4) is 0 Å².